The van der Waals surface area contributed by atoms with E-state index in [1.165, 1.54) is 29.7 Å². The SMILES string of the molecule is CCS(=O)(=O)c1cccc(C(=O)N2CCN(c3nc4ccc(S(C)(=O)=O)cc4s3)CC2)c1. The summed E-state index contributed by atoms with van der Waals surface area (Å²) in [5, 5.41) is 0.786. The van der Waals surface area contributed by atoms with E-state index in [0.717, 1.165) is 15.3 Å². The summed E-state index contributed by atoms with van der Waals surface area (Å²) < 4.78 is 48.7. The third kappa shape index (κ3) is 4.50. The van der Waals surface area contributed by atoms with Crippen LogP contribution in [0.25, 0.3) is 10.2 Å². The van der Waals surface area contributed by atoms with Gasteiger partial charge in [-0.15, -0.1) is 0 Å². The van der Waals surface area contributed by atoms with Crippen LogP contribution in [-0.4, -0.2) is 70.8 Å². The summed E-state index contributed by atoms with van der Waals surface area (Å²) in [4.78, 5) is 21.8. The maximum atomic E-state index is 12.9. The first-order valence-electron chi connectivity index (χ1n) is 10.1. The third-order valence-corrected chi connectivity index (χ3v) is 9.36. The summed E-state index contributed by atoms with van der Waals surface area (Å²) in [6, 6.07) is 11.1. The molecule has 0 aliphatic carbocycles. The van der Waals surface area contributed by atoms with Crippen molar-refractivity contribution in [2.45, 2.75) is 16.7 Å². The van der Waals surface area contributed by atoms with E-state index in [2.05, 4.69) is 9.88 Å². The van der Waals surface area contributed by atoms with E-state index in [4.69, 9.17) is 0 Å². The van der Waals surface area contributed by atoms with Gasteiger partial charge in [0.15, 0.2) is 24.8 Å². The van der Waals surface area contributed by atoms with Gasteiger partial charge in [-0.25, -0.2) is 21.8 Å². The lowest BCUT2D eigenvalue weighted by Gasteiger charge is -2.34. The van der Waals surface area contributed by atoms with Gasteiger partial charge in [-0.1, -0.05) is 24.3 Å². The zero-order chi connectivity index (χ0) is 23.1. The van der Waals surface area contributed by atoms with Gasteiger partial charge in [0.1, 0.15) is 0 Å². The van der Waals surface area contributed by atoms with Crippen molar-refractivity contribution in [3.8, 4) is 0 Å². The molecule has 0 unspecified atom stereocenters. The molecule has 1 amide bonds. The molecule has 1 fully saturated rings. The Morgan fingerprint density at radius 2 is 1.72 bits per heavy atom. The van der Waals surface area contributed by atoms with Crippen molar-refractivity contribution in [1.82, 2.24) is 9.88 Å². The van der Waals surface area contributed by atoms with Crippen molar-refractivity contribution in [2.24, 2.45) is 0 Å². The molecule has 1 aliphatic rings. The van der Waals surface area contributed by atoms with Crippen molar-refractivity contribution in [3.63, 3.8) is 0 Å². The molecule has 1 aliphatic heterocycles. The average Bonchev–Trinajstić information content (AvgIpc) is 3.22. The number of sulfone groups is 2. The van der Waals surface area contributed by atoms with Gasteiger partial charge in [0.25, 0.3) is 5.91 Å². The van der Waals surface area contributed by atoms with Crippen LogP contribution in [0.15, 0.2) is 52.3 Å². The van der Waals surface area contributed by atoms with Gasteiger partial charge < -0.3 is 9.80 Å². The zero-order valence-electron chi connectivity index (χ0n) is 17.7. The van der Waals surface area contributed by atoms with Crippen molar-refractivity contribution < 1.29 is 21.6 Å². The molecule has 0 radical (unpaired) electrons. The quantitative estimate of drug-likeness (QED) is 0.538. The van der Waals surface area contributed by atoms with Crippen LogP contribution in [0.2, 0.25) is 0 Å². The molecule has 0 atom stereocenters. The van der Waals surface area contributed by atoms with Crippen LogP contribution in [0.1, 0.15) is 17.3 Å². The predicted octanol–water partition coefficient (Wildman–Crippen LogP) is 2.46. The zero-order valence-corrected chi connectivity index (χ0v) is 20.1. The highest BCUT2D eigenvalue weighted by Gasteiger charge is 2.25. The van der Waals surface area contributed by atoms with Crippen LogP contribution in [0.5, 0.6) is 0 Å². The molecule has 1 saturated heterocycles. The lowest BCUT2D eigenvalue weighted by molar-refractivity contribution is 0.0746. The summed E-state index contributed by atoms with van der Waals surface area (Å²) in [5.41, 5.74) is 1.10. The molecule has 0 spiro atoms. The maximum Gasteiger partial charge on any atom is 0.254 e. The summed E-state index contributed by atoms with van der Waals surface area (Å²) in [5.74, 6) is -0.211. The van der Waals surface area contributed by atoms with Crippen LogP contribution in [0, 0.1) is 0 Å². The van der Waals surface area contributed by atoms with E-state index >= 15 is 0 Å². The van der Waals surface area contributed by atoms with E-state index < -0.39 is 19.7 Å². The second kappa shape index (κ2) is 8.45. The minimum absolute atomic E-state index is 0.0167. The lowest BCUT2D eigenvalue weighted by atomic mass is 10.2. The van der Waals surface area contributed by atoms with Crippen LogP contribution in [-0.2, 0) is 19.7 Å². The van der Waals surface area contributed by atoms with E-state index in [9.17, 15) is 21.6 Å². The number of anilines is 1. The highest BCUT2D eigenvalue weighted by atomic mass is 32.2. The molecule has 11 heteroatoms. The Labute approximate surface area is 191 Å². The summed E-state index contributed by atoms with van der Waals surface area (Å²) >= 11 is 1.43. The molecule has 0 bridgehead atoms. The Morgan fingerprint density at radius 1 is 1.00 bits per heavy atom. The number of aromatic nitrogens is 1. The molecule has 4 rings (SSSR count). The smallest absolute Gasteiger partial charge is 0.254 e. The Hall–Kier alpha value is -2.50. The van der Waals surface area contributed by atoms with Gasteiger partial charge in [0.05, 0.1) is 25.8 Å². The molecule has 32 heavy (non-hydrogen) atoms. The fraction of sp³-hybridized carbons (Fsp3) is 0.333. The van der Waals surface area contributed by atoms with Crippen molar-refractivity contribution in [2.75, 3.05) is 43.1 Å². The first kappa shape index (κ1) is 22.7. The van der Waals surface area contributed by atoms with Crippen molar-refractivity contribution in [3.05, 3.63) is 48.0 Å². The lowest BCUT2D eigenvalue weighted by Crippen LogP contribution is -2.48. The van der Waals surface area contributed by atoms with E-state index in [0.29, 0.717) is 31.7 Å². The van der Waals surface area contributed by atoms with E-state index in [1.54, 1.807) is 42.2 Å². The number of thiazole rings is 1. The molecule has 3 aromatic rings. The molecule has 0 saturated carbocycles. The molecular formula is C21H23N3O5S3. The number of rotatable bonds is 5. The van der Waals surface area contributed by atoms with Gasteiger partial charge in [0.2, 0.25) is 0 Å². The Balaban J connectivity index is 1.47. The molecule has 0 N–H and O–H groups in total. The van der Waals surface area contributed by atoms with Crippen molar-refractivity contribution in [1.29, 1.82) is 0 Å². The second-order valence-electron chi connectivity index (χ2n) is 7.61. The third-order valence-electron chi connectivity index (χ3n) is 5.43. The maximum absolute atomic E-state index is 12.9. The fourth-order valence-corrected chi connectivity index (χ4v) is 6.24. The molecule has 170 valence electrons. The highest BCUT2D eigenvalue weighted by Crippen LogP contribution is 2.31. The molecule has 1 aromatic heterocycles. The number of carbonyl (C=O) groups is 1. The van der Waals surface area contributed by atoms with Crippen LogP contribution in [0.3, 0.4) is 0 Å². The largest absolute Gasteiger partial charge is 0.345 e. The van der Waals surface area contributed by atoms with Crippen molar-refractivity contribution >= 4 is 52.3 Å². The predicted molar refractivity (Wildman–Crippen MR) is 125 cm³/mol. The summed E-state index contributed by atoms with van der Waals surface area (Å²) in [7, 11) is -6.66. The number of hydrogen-bond acceptors (Lipinski definition) is 8. The summed E-state index contributed by atoms with van der Waals surface area (Å²) in [6.45, 7) is 3.70. The number of piperazine rings is 1. The number of fused-ring (bicyclic) bond motifs is 1. The van der Waals surface area contributed by atoms with Gasteiger partial charge in [0, 0.05) is 38.0 Å². The minimum Gasteiger partial charge on any atom is -0.345 e. The van der Waals surface area contributed by atoms with Crippen LogP contribution >= 0.6 is 11.3 Å². The fourth-order valence-electron chi connectivity index (χ4n) is 3.53. The van der Waals surface area contributed by atoms with Gasteiger partial charge in [-0.05, 0) is 36.4 Å². The molecule has 2 heterocycles. The first-order chi connectivity index (χ1) is 15.1. The Kier molecular flexibility index (Phi) is 5.99. The molecule has 8 nitrogen and oxygen atoms in total. The minimum atomic E-state index is -3.38. The number of nitrogens with zero attached hydrogens (tertiary/aromatic N) is 3. The normalized spacial score (nSPS) is 15.3. The topological polar surface area (TPSA) is 105 Å². The van der Waals surface area contributed by atoms with Gasteiger partial charge in [-0.2, -0.15) is 0 Å². The molecule has 2 aromatic carbocycles. The standard InChI is InChI=1S/C21H23N3O5S3/c1-3-32(28,29)17-6-4-5-15(13-17)20(25)23-9-11-24(12-10-23)21-22-18-8-7-16(31(2,26)27)14-19(18)30-21/h4-8,13-14H,3,9-12H2,1-2H3. The van der Waals surface area contributed by atoms with Gasteiger partial charge in [-0.3, -0.25) is 4.79 Å². The highest BCUT2D eigenvalue weighted by molar-refractivity contribution is 7.91. The average molecular weight is 494 g/mol. The second-order valence-corrected chi connectivity index (χ2v) is 12.9. The van der Waals surface area contributed by atoms with Gasteiger partial charge >= 0.3 is 0 Å². The number of carbonyl (C=O) groups excluding carboxylic acids is 1. The van der Waals surface area contributed by atoms with E-state index in [-0.39, 0.29) is 21.5 Å². The van der Waals surface area contributed by atoms with Crippen LogP contribution < -0.4 is 4.90 Å². The van der Waals surface area contributed by atoms with Crippen LogP contribution in [0.4, 0.5) is 5.13 Å². The first-order valence-corrected chi connectivity index (χ1v) is 14.4. The number of benzene rings is 2. The number of hydrogen-bond donors (Lipinski definition) is 0. The Morgan fingerprint density at radius 3 is 2.38 bits per heavy atom. The number of amides is 1. The Bertz CT molecular complexity index is 1390. The van der Waals surface area contributed by atoms with E-state index in [1.807, 2.05) is 0 Å². The monoisotopic (exact) mass is 493 g/mol. The molecular weight excluding hydrogens is 470 g/mol. The summed E-state index contributed by atoms with van der Waals surface area (Å²) in [6.07, 6.45) is 1.18.